The standard InChI is InChI=1S/C15H18N4O/c1-17-12-16-11-14(17)15(20)19-9-7-18(8-10-19)13-5-3-2-4-6-13/h2-6,11-12H,7-10H2,1H3. The van der Waals surface area contributed by atoms with Crippen LogP contribution in [0, 0.1) is 0 Å². The summed E-state index contributed by atoms with van der Waals surface area (Å²) in [5, 5.41) is 0. The number of imidazole rings is 1. The molecule has 1 fully saturated rings. The van der Waals surface area contributed by atoms with Crippen LogP contribution in [0.15, 0.2) is 42.9 Å². The van der Waals surface area contributed by atoms with E-state index in [1.54, 1.807) is 17.1 Å². The van der Waals surface area contributed by atoms with Crippen molar-refractivity contribution >= 4 is 11.6 Å². The van der Waals surface area contributed by atoms with Gasteiger partial charge in [-0.05, 0) is 12.1 Å². The summed E-state index contributed by atoms with van der Waals surface area (Å²) in [6.45, 7) is 3.24. The van der Waals surface area contributed by atoms with E-state index in [-0.39, 0.29) is 5.91 Å². The molecule has 20 heavy (non-hydrogen) atoms. The second-order valence-electron chi connectivity index (χ2n) is 5.00. The third kappa shape index (κ3) is 2.39. The number of carbonyl (C=O) groups is 1. The van der Waals surface area contributed by atoms with Crippen LogP contribution in [-0.4, -0.2) is 46.5 Å². The van der Waals surface area contributed by atoms with Gasteiger partial charge in [0.05, 0.1) is 12.5 Å². The number of para-hydroxylation sites is 1. The van der Waals surface area contributed by atoms with Crippen molar-refractivity contribution in [2.24, 2.45) is 7.05 Å². The fraction of sp³-hybridized carbons (Fsp3) is 0.333. The summed E-state index contributed by atoms with van der Waals surface area (Å²) in [6.07, 6.45) is 3.29. The minimum atomic E-state index is 0.0673. The van der Waals surface area contributed by atoms with Crippen molar-refractivity contribution in [3.63, 3.8) is 0 Å². The van der Waals surface area contributed by atoms with E-state index in [1.807, 2.05) is 30.1 Å². The van der Waals surface area contributed by atoms with Gasteiger partial charge in [0, 0.05) is 38.9 Å². The van der Waals surface area contributed by atoms with Gasteiger partial charge in [0.25, 0.3) is 5.91 Å². The Hall–Kier alpha value is -2.30. The number of piperazine rings is 1. The summed E-state index contributed by atoms with van der Waals surface area (Å²) in [5.74, 6) is 0.0673. The Morgan fingerprint density at radius 2 is 1.80 bits per heavy atom. The van der Waals surface area contributed by atoms with Gasteiger partial charge in [0.1, 0.15) is 5.69 Å². The van der Waals surface area contributed by atoms with E-state index in [2.05, 4.69) is 22.0 Å². The number of nitrogens with zero attached hydrogens (tertiary/aromatic N) is 4. The molecule has 5 heteroatoms. The van der Waals surface area contributed by atoms with Crippen LogP contribution in [0.2, 0.25) is 0 Å². The van der Waals surface area contributed by atoms with E-state index in [1.165, 1.54) is 5.69 Å². The van der Waals surface area contributed by atoms with Gasteiger partial charge in [-0.3, -0.25) is 4.79 Å². The Bertz CT molecular complexity index is 585. The fourth-order valence-corrected chi connectivity index (χ4v) is 2.53. The first-order valence-corrected chi connectivity index (χ1v) is 6.81. The third-order valence-electron chi connectivity index (χ3n) is 3.72. The topological polar surface area (TPSA) is 41.4 Å². The Kier molecular flexibility index (Phi) is 3.41. The Morgan fingerprint density at radius 1 is 1.10 bits per heavy atom. The first kappa shape index (κ1) is 12.7. The molecule has 0 spiro atoms. The normalized spacial score (nSPS) is 15.4. The molecule has 104 valence electrons. The van der Waals surface area contributed by atoms with E-state index in [4.69, 9.17) is 0 Å². The molecule has 2 aromatic rings. The van der Waals surface area contributed by atoms with Gasteiger partial charge in [0.15, 0.2) is 0 Å². The van der Waals surface area contributed by atoms with Crippen LogP contribution < -0.4 is 4.90 Å². The number of benzene rings is 1. The summed E-state index contributed by atoms with van der Waals surface area (Å²) in [6, 6.07) is 10.3. The largest absolute Gasteiger partial charge is 0.368 e. The zero-order valence-electron chi connectivity index (χ0n) is 11.6. The van der Waals surface area contributed by atoms with Crippen LogP contribution in [0.25, 0.3) is 0 Å². The lowest BCUT2D eigenvalue weighted by Gasteiger charge is -2.36. The molecule has 1 aromatic heterocycles. The zero-order chi connectivity index (χ0) is 13.9. The number of amides is 1. The molecule has 1 amide bonds. The minimum absolute atomic E-state index is 0.0673. The number of hydrogen-bond donors (Lipinski definition) is 0. The van der Waals surface area contributed by atoms with Crippen LogP contribution in [0.4, 0.5) is 5.69 Å². The number of rotatable bonds is 2. The van der Waals surface area contributed by atoms with Crippen LogP contribution in [0.1, 0.15) is 10.5 Å². The summed E-state index contributed by atoms with van der Waals surface area (Å²) >= 11 is 0. The quantitative estimate of drug-likeness (QED) is 0.828. The number of hydrogen-bond acceptors (Lipinski definition) is 3. The SMILES string of the molecule is Cn1cncc1C(=O)N1CCN(c2ccccc2)CC1. The molecule has 0 saturated carbocycles. The predicted octanol–water partition coefficient (Wildman–Crippen LogP) is 1.38. The zero-order valence-corrected chi connectivity index (χ0v) is 11.6. The van der Waals surface area contributed by atoms with Crippen molar-refractivity contribution in [1.29, 1.82) is 0 Å². The molecule has 1 aliphatic heterocycles. The van der Waals surface area contributed by atoms with Crippen molar-refractivity contribution in [3.05, 3.63) is 48.5 Å². The van der Waals surface area contributed by atoms with Gasteiger partial charge in [-0.2, -0.15) is 0 Å². The van der Waals surface area contributed by atoms with Crippen LogP contribution in [-0.2, 0) is 7.05 Å². The average Bonchev–Trinajstić information content (AvgIpc) is 2.94. The Labute approximate surface area is 118 Å². The Balaban J connectivity index is 1.64. The molecule has 2 heterocycles. The first-order chi connectivity index (χ1) is 9.75. The smallest absolute Gasteiger partial charge is 0.272 e. The number of aryl methyl sites for hydroxylation is 1. The molecule has 0 radical (unpaired) electrons. The molecule has 0 atom stereocenters. The van der Waals surface area contributed by atoms with Gasteiger partial charge < -0.3 is 14.4 Å². The molecular formula is C15H18N4O. The lowest BCUT2D eigenvalue weighted by Crippen LogP contribution is -2.49. The van der Waals surface area contributed by atoms with Crippen molar-refractivity contribution in [3.8, 4) is 0 Å². The van der Waals surface area contributed by atoms with Crippen LogP contribution >= 0.6 is 0 Å². The maximum Gasteiger partial charge on any atom is 0.272 e. The number of aromatic nitrogens is 2. The lowest BCUT2D eigenvalue weighted by molar-refractivity contribution is 0.0737. The minimum Gasteiger partial charge on any atom is -0.368 e. The molecule has 3 rings (SSSR count). The highest BCUT2D eigenvalue weighted by atomic mass is 16.2. The average molecular weight is 270 g/mol. The van der Waals surface area contributed by atoms with E-state index < -0.39 is 0 Å². The van der Waals surface area contributed by atoms with Gasteiger partial charge in [0.2, 0.25) is 0 Å². The summed E-state index contributed by atoms with van der Waals surface area (Å²) in [7, 11) is 1.85. The van der Waals surface area contributed by atoms with E-state index in [9.17, 15) is 4.79 Å². The number of carbonyl (C=O) groups excluding carboxylic acids is 1. The molecule has 1 saturated heterocycles. The molecule has 0 bridgehead atoms. The van der Waals surface area contributed by atoms with Gasteiger partial charge in [-0.1, -0.05) is 18.2 Å². The molecular weight excluding hydrogens is 252 g/mol. The summed E-state index contributed by atoms with van der Waals surface area (Å²) < 4.78 is 1.77. The van der Waals surface area contributed by atoms with Gasteiger partial charge >= 0.3 is 0 Å². The van der Waals surface area contributed by atoms with Gasteiger partial charge in [-0.25, -0.2) is 4.98 Å². The summed E-state index contributed by atoms with van der Waals surface area (Å²) in [5.41, 5.74) is 1.87. The Morgan fingerprint density at radius 3 is 2.40 bits per heavy atom. The third-order valence-corrected chi connectivity index (χ3v) is 3.72. The van der Waals surface area contributed by atoms with Crippen LogP contribution in [0.3, 0.4) is 0 Å². The second kappa shape index (κ2) is 5.36. The lowest BCUT2D eigenvalue weighted by atomic mass is 10.2. The molecule has 0 unspecified atom stereocenters. The van der Waals surface area contributed by atoms with Gasteiger partial charge in [-0.15, -0.1) is 0 Å². The molecule has 0 aliphatic carbocycles. The number of anilines is 1. The predicted molar refractivity (Wildman–Crippen MR) is 77.8 cm³/mol. The van der Waals surface area contributed by atoms with Crippen LogP contribution in [0.5, 0.6) is 0 Å². The summed E-state index contributed by atoms with van der Waals surface area (Å²) in [4.78, 5) is 20.6. The highest BCUT2D eigenvalue weighted by Gasteiger charge is 2.23. The maximum atomic E-state index is 12.4. The fourth-order valence-electron chi connectivity index (χ4n) is 2.53. The van der Waals surface area contributed by atoms with E-state index >= 15 is 0 Å². The highest BCUT2D eigenvalue weighted by Crippen LogP contribution is 2.16. The van der Waals surface area contributed by atoms with E-state index in [0.29, 0.717) is 5.69 Å². The van der Waals surface area contributed by atoms with Crippen molar-refractivity contribution in [1.82, 2.24) is 14.5 Å². The van der Waals surface area contributed by atoms with E-state index in [0.717, 1.165) is 26.2 Å². The van der Waals surface area contributed by atoms with Crippen molar-refractivity contribution in [2.75, 3.05) is 31.1 Å². The molecule has 1 aliphatic rings. The molecule has 5 nitrogen and oxygen atoms in total. The maximum absolute atomic E-state index is 12.4. The molecule has 0 N–H and O–H groups in total. The highest BCUT2D eigenvalue weighted by molar-refractivity contribution is 5.92. The first-order valence-electron chi connectivity index (χ1n) is 6.81. The van der Waals surface area contributed by atoms with Crippen molar-refractivity contribution < 1.29 is 4.79 Å². The van der Waals surface area contributed by atoms with Crippen molar-refractivity contribution in [2.45, 2.75) is 0 Å². The monoisotopic (exact) mass is 270 g/mol. The molecule has 1 aromatic carbocycles. The second-order valence-corrected chi connectivity index (χ2v) is 5.00.